The maximum absolute atomic E-state index is 12.0. The van der Waals surface area contributed by atoms with Crippen molar-refractivity contribution in [3.63, 3.8) is 0 Å². The van der Waals surface area contributed by atoms with Gasteiger partial charge in [-0.1, -0.05) is 6.92 Å². The van der Waals surface area contributed by atoms with Crippen molar-refractivity contribution in [1.29, 1.82) is 0 Å². The van der Waals surface area contributed by atoms with E-state index in [-0.39, 0.29) is 11.5 Å². The second-order valence-electron chi connectivity index (χ2n) is 5.63. The van der Waals surface area contributed by atoms with Gasteiger partial charge in [-0.15, -0.1) is 0 Å². The first-order valence-electron chi connectivity index (χ1n) is 6.87. The summed E-state index contributed by atoms with van der Waals surface area (Å²) in [5, 5.41) is 0.499. The molecular formula is C15H16N2O3S. The SMILES string of the molecule is C[C@@H]1C[C@@H]1COC(=O)c1ccc2c(=O)n(C)c(=S)[nH]c2c1. The Morgan fingerprint density at radius 3 is 2.90 bits per heavy atom. The lowest BCUT2D eigenvalue weighted by Crippen LogP contribution is -2.19. The molecule has 1 heterocycles. The van der Waals surface area contributed by atoms with Crippen molar-refractivity contribution >= 4 is 29.1 Å². The summed E-state index contributed by atoms with van der Waals surface area (Å²) < 4.78 is 6.98. The monoisotopic (exact) mass is 304 g/mol. The van der Waals surface area contributed by atoms with Gasteiger partial charge in [-0.25, -0.2) is 4.79 Å². The van der Waals surface area contributed by atoms with Crippen LogP contribution in [-0.4, -0.2) is 22.1 Å². The van der Waals surface area contributed by atoms with E-state index in [0.29, 0.717) is 39.7 Å². The molecule has 1 saturated carbocycles. The third-order valence-electron chi connectivity index (χ3n) is 4.04. The number of H-pyrrole nitrogens is 1. The summed E-state index contributed by atoms with van der Waals surface area (Å²) in [6.45, 7) is 2.61. The van der Waals surface area contributed by atoms with Crippen LogP contribution >= 0.6 is 12.2 Å². The van der Waals surface area contributed by atoms with Gasteiger partial charge < -0.3 is 9.72 Å². The van der Waals surface area contributed by atoms with E-state index in [9.17, 15) is 9.59 Å². The van der Waals surface area contributed by atoms with Crippen molar-refractivity contribution in [3.8, 4) is 0 Å². The van der Waals surface area contributed by atoms with E-state index in [2.05, 4.69) is 11.9 Å². The zero-order chi connectivity index (χ0) is 15.1. The van der Waals surface area contributed by atoms with E-state index < -0.39 is 0 Å². The van der Waals surface area contributed by atoms with E-state index >= 15 is 0 Å². The van der Waals surface area contributed by atoms with Crippen LogP contribution in [-0.2, 0) is 11.8 Å². The molecule has 0 bridgehead atoms. The Morgan fingerprint density at radius 2 is 2.24 bits per heavy atom. The van der Waals surface area contributed by atoms with Gasteiger partial charge in [-0.3, -0.25) is 9.36 Å². The Hall–Kier alpha value is -1.95. The number of fused-ring (bicyclic) bond motifs is 1. The topological polar surface area (TPSA) is 64.1 Å². The largest absolute Gasteiger partial charge is 0.462 e. The predicted molar refractivity (Wildman–Crippen MR) is 81.9 cm³/mol. The number of aromatic nitrogens is 2. The van der Waals surface area contributed by atoms with Gasteiger partial charge in [-0.2, -0.15) is 0 Å². The zero-order valence-corrected chi connectivity index (χ0v) is 12.7. The highest BCUT2D eigenvalue weighted by Crippen LogP contribution is 2.37. The Labute approximate surface area is 126 Å². The molecule has 0 amide bonds. The van der Waals surface area contributed by atoms with Gasteiger partial charge in [0.05, 0.1) is 23.1 Å². The fourth-order valence-corrected chi connectivity index (χ4v) is 2.52. The number of benzene rings is 1. The van der Waals surface area contributed by atoms with Gasteiger partial charge in [-0.05, 0) is 48.7 Å². The van der Waals surface area contributed by atoms with Crippen LogP contribution in [0.1, 0.15) is 23.7 Å². The number of rotatable bonds is 3. The van der Waals surface area contributed by atoms with Crippen molar-refractivity contribution in [1.82, 2.24) is 9.55 Å². The van der Waals surface area contributed by atoms with Crippen molar-refractivity contribution in [2.75, 3.05) is 6.61 Å². The average Bonchev–Trinajstić information content (AvgIpc) is 3.17. The summed E-state index contributed by atoms with van der Waals surface area (Å²) in [5.41, 5.74) is 0.799. The number of aromatic amines is 1. The molecule has 1 aromatic heterocycles. The van der Waals surface area contributed by atoms with Gasteiger partial charge >= 0.3 is 5.97 Å². The standard InChI is InChI=1S/C15H16N2O3S/c1-8-5-10(8)7-20-14(19)9-3-4-11-12(6-9)16-15(21)17(2)13(11)18/h3-4,6,8,10H,5,7H2,1-2H3,(H,16,21)/t8-,10-/m1/s1. The summed E-state index contributed by atoms with van der Waals surface area (Å²) in [6.07, 6.45) is 1.12. The number of nitrogens with one attached hydrogen (secondary N) is 1. The average molecular weight is 304 g/mol. The molecule has 2 atom stereocenters. The molecule has 5 nitrogen and oxygen atoms in total. The van der Waals surface area contributed by atoms with Crippen LogP contribution < -0.4 is 5.56 Å². The second kappa shape index (κ2) is 5.11. The third kappa shape index (κ3) is 2.63. The minimum absolute atomic E-state index is 0.180. The molecule has 0 unspecified atom stereocenters. The van der Waals surface area contributed by atoms with Crippen LogP contribution in [0.5, 0.6) is 0 Å². The quantitative estimate of drug-likeness (QED) is 0.698. The van der Waals surface area contributed by atoms with Crippen LogP contribution in [0.3, 0.4) is 0 Å². The van der Waals surface area contributed by atoms with E-state index in [1.165, 1.54) is 4.57 Å². The lowest BCUT2D eigenvalue weighted by molar-refractivity contribution is 0.0481. The minimum atomic E-state index is -0.365. The molecule has 1 N–H and O–H groups in total. The molecule has 0 spiro atoms. The molecule has 0 radical (unpaired) electrons. The smallest absolute Gasteiger partial charge is 0.338 e. The Morgan fingerprint density at radius 1 is 1.52 bits per heavy atom. The fourth-order valence-electron chi connectivity index (χ4n) is 2.33. The maximum Gasteiger partial charge on any atom is 0.338 e. The Bertz CT molecular complexity index is 837. The molecule has 21 heavy (non-hydrogen) atoms. The van der Waals surface area contributed by atoms with Gasteiger partial charge in [0, 0.05) is 7.05 Å². The normalized spacial score (nSPS) is 20.5. The molecule has 6 heteroatoms. The molecule has 1 aliphatic rings. The number of nitrogens with zero attached hydrogens (tertiary/aromatic N) is 1. The Kier molecular flexibility index (Phi) is 3.41. The molecule has 0 saturated heterocycles. The highest BCUT2D eigenvalue weighted by atomic mass is 32.1. The lowest BCUT2D eigenvalue weighted by Gasteiger charge is -2.06. The van der Waals surface area contributed by atoms with Crippen molar-refractivity contribution in [2.45, 2.75) is 13.3 Å². The molecule has 0 aliphatic heterocycles. The number of esters is 1. The minimum Gasteiger partial charge on any atom is -0.462 e. The number of carbonyl (C=O) groups is 1. The number of hydrogen-bond acceptors (Lipinski definition) is 4. The van der Waals surface area contributed by atoms with Crippen molar-refractivity contribution in [3.05, 3.63) is 38.9 Å². The summed E-state index contributed by atoms with van der Waals surface area (Å²) in [7, 11) is 1.61. The van der Waals surface area contributed by atoms with E-state index in [1.807, 2.05) is 0 Å². The van der Waals surface area contributed by atoms with E-state index in [0.717, 1.165) is 6.42 Å². The zero-order valence-electron chi connectivity index (χ0n) is 11.9. The van der Waals surface area contributed by atoms with Crippen LogP contribution in [0.2, 0.25) is 0 Å². The highest BCUT2D eigenvalue weighted by Gasteiger charge is 2.33. The summed E-state index contributed by atoms with van der Waals surface area (Å²) in [4.78, 5) is 27.0. The number of carbonyl (C=O) groups excluding carboxylic acids is 1. The van der Waals surface area contributed by atoms with E-state index in [4.69, 9.17) is 17.0 Å². The van der Waals surface area contributed by atoms with Crippen molar-refractivity contribution in [2.24, 2.45) is 18.9 Å². The summed E-state index contributed by atoms with van der Waals surface area (Å²) in [6, 6.07) is 4.85. The van der Waals surface area contributed by atoms with Crippen LogP contribution in [0.4, 0.5) is 0 Å². The Balaban J connectivity index is 1.90. The second-order valence-corrected chi connectivity index (χ2v) is 6.01. The fraction of sp³-hybridized carbons (Fsp3) is 0.400. The van der Waals surface area contributed by atoms with Crippen LogP contribution in [0, 0.1) is 16.6 Å². The third-order valence-corrected chi connectivity index (χ3v) is 4.42. The lowest BCUT2D eigenvalue weighted by atomic mass is 10.1. The first-order chi connectivity index (χ1) is 9.97. The first kappa shape index (κ1) is 14.0. The number of ether oxygens (including phenoxy) is 1. The first-order valence-corrected chi connectivity index (χ1v) is 7.28. The predicted octanol–water partition coefficient (Wildman–Crippen LogP) is 2.41. The van der Waals surface area contributed by atoms with Gasteiger partial charge in [0.15, 0.2) is 4.77 Å². The molecule has 1 fully saturated rings. The molecule has 2 aromatic rings. The molecule has 1 aromatic carbocycles. The van der Waals surface area contributed by atoms with Crippen LogP contribution in [0.15, 0.2) is 23.0 Å². The van der Waals surface area contributed by atoms with Crippen LogP contribution in [0.25, 0.3) is 10.9 Å². The molecule has 3 rings (SSSR count). The molecular weight excluding hydrogens is 288 g/mol. The number of hydrogen-bond donors (Lipinski definition) is 1. The summed E-state index contributed by atoms with van der Waals surface area (Å²) >= 11 is 5.08. The molecule has 110 valence electrons. The van der Waals surface area contributed by atoms with E-state index in [1.54, 1.807) is 25.2 Å². The highest BCUT2D eigenvalue weighted by molar-refractivity contribution is 7.71. The van der Waals surface area contributed by atoms with Gasteiger partial charge in [0.2, 0.25) is 0 Å². The molecule has 1 aliphatic carbocycles. The van der Waals surface area contributed by atoms with Crippen molar-refractivity contribution < 1.29 is 9.53 Å². The van der Waals surface area contributed by atoms with Gasteiger partial charge in [0.25, 0.3) is 5.56 Å². The van der Waals surface area contributed by atoms with Gasteiger partial charge in [0.1, 0.15) is 0 Å². The summed E-state index contributed by atoms with van der Waals surface area (Å²) in [5.74, 6) is 0.775. The maximum atomic E-state index is 12.0.